The third kappa shape index (κ3) is 40.0. The largest absolute Gasteiger partial charge is 0.394 e. The quantitative estimate of drug-likeness (QED) is 0.0235. The molecule has 7 atom stereocenters. The first-order chi connectivity index (χ1) is 31.2. The summed E-state index contributed by atoms with van der Waals surface area (Å²) in [5.41, 5.74) is 0. The van der Waals surface area contributed by atoms with E-state index in [1.807, 2.05) is 0 Å². The zero-order valence-electron chi connectivity index (χ0n) is 42.4. The third-order valence-electron chi connectivity index (χ3n) is 13.3. The molecule has 382 valence electrons. The lowest BCUT2D eigenvalue weighted by Gasteiger charge is -2.28. The average Bonchev–Trinajstić information content (AvgIpc) is 3.29. The van der Waals surface area contributed by atoms with Gasteiger partial charge in [-0.2, -0.15) is 0 Å². The van der Waals surface area contributed by atoms with E-state index >= 15 is 0 Å². The van der Waals surface area contributed by atoms with Crippen molar-refractivity contribution in [3.8, 4) is 0 Å². The number of amides is 1. The van der Waals surface area contributed by atoms with Gasteiger partial charge in [0, 0.05) is 6.42 Å². The van der Waals surface area contributed by atoms with Gasteiger partial charge in [0.05, 0.1) is 31.5 Å². The van der Waals surface area contributed by atoms with Crippen LogP contribution in [0.5, 0.6) is 0 Å². The zero-order chi connectivity index (χ0) is 47.1. The molecule has 0 rings (SSSR count). The molecule has 0 aromatic carbocycles. The van der Waals surface area contributed by atoms with E-state index in [2.05, 4.69) is 19.2 Å². The molecular weight excluding hydrogens is 803 g/mol. The first kappa shape index (κ1) is 62.9. The van der Waals surface area contributed by atoms with Crippen molar-refractivity contribution in [2.45, 2.75) is 320 Å². The summed E-state index contributed by atoms with van der Waals surface area (Å²) in [6, 6.07) is -0.958. The maximum atomic E-state index is 13.1. The van der Waals surface area contributed by atoms with Crippen LogP contribution in [0.2, 0.25) is 0 Å². The Hall–Kier alpha value is -1.07. The van der Waals surface area contributed by atoms with Gasteiger partial charge in [-0.25, -0.2) is 0 Å². The Morgan fingerprint density at radius 1 is 0.453 bits per heavy atom. The van der Waals surface area contributed by atoms with Crippen LogP contribution >= 0.6 is 0 Å². The average molecular weight is 912 g/mol. The Kier molecular flexibility index (Phi) is 47.6. The molecule has 0 fully saturated rings. The lowest BCUT2D eigenvalue weighted by molar-refractivity contribution is -0.123. The Morgan fingerprint density at radius 3 is 1.09 bits per heavy atom. The van der Waals surface area contributed by atoms with Crippen LogP contribution in [0, 0.1) is 0 Å². The third-order valence-corrected chi connectivity index (χ3v) is 13.3. The van der Waals surface area contributed by atoms with E-state index in [1.54, 1.807) is 0 Å². The molecule has 0 aliphatic carbocycles. The van der Waals surface area contributed by atoms with E-state index < -0.39 is 55.9 Å². The molecule has 0 heterocycles. The fourth-order valence-electron chi connectivity index (χ4n) is 8.82. The lowest BCUT2D eigenvalue weighted by Crippen LogP contribution is -2.48. The van der Waals surface area contributed by atoms with Crippen molar-refractivity contribution in [2.24, 2.45) is 0 Å². The molecule has 1 amide bonds. The number of hydrogen-bond donors (Lipinski definition) is 7. The Balaban J connectivity index is 4.40. The molecule has 7 N–H and O–H groups in total. The highest BCUT2D eigenvalue weighted by Gasteiger charge is 2.28. The Bertz CT molecular complexity index is 982. The van der Waals surface area contributed by atoms with Gasteiger partial charge >= 0.3 is 0 Å². The van der Waals surface area contributed by atoms with Crippen molar-refractivity contribution >= 4 is 5.91 Å². The van der Waals surface area contributed by atoms with Crippen molar-refractivity contribution in [2.75, 3.05) is 13.2 Å². The number of aliphatic hydroxyl groups is 6. The molecule has 0 saturated carbocycles. The highest BCUT2D eigenvalue weighted by Crippen LogP contribution is 2.19. The van der Waals surface area contributed by atoms with Crippen molar-refractivity contribution in [1.29, 1.82) is 0 Å². The number of nitrogens with one attached hydrogen (secondary N) is 1. The van der Waals surface area contributed by atoms with Gasteiger partial charge in [-0.05, 0) is 19.8 Å². The number of ether oxygens (including phenoxy) is 1. The second kappa shape index (κ2) is 48.4. The van der Waals surface area contributed by atoms with E-state index in [0.717, 1.165) is 38.5 Å². The molecule has 0 saturated heterocycles. The number of unbranched alkanes of at least 4 members (excludes halogenated alkanes) is 36. The molecule has 0 aromatic heterocycles. The van der Waals surface area contributed by atoms with Gasteiger partial charge in [-0.3, -0.25) is 4.79 Å². The zero-order valence-corrected chi connectivity index (χ0v) is 42.4. The van der Waals surface area contributed by atoms with E-state index in [4.69, 9.17) is 4.74 Å². The van der Waals surface area contributed by atoms with E-state index in [0.29, 0.717) is 12.8 Å². The monoisotopic (exact) mass is 912 g/mol. The highest BCUT2D eigenvalue weighted by atomic mass is 16.5. The molecule has 0 aromatic rings. The first-order valence-corrected chi connectivity index (χ1v) is 27.8. The van der Waals surface area contributed by atoms with Crippen molar-refractivity contribution < 1.29 is 40.2 Å². The van der Waals surface area contributed by atoms with Crippen LogP contribution < -0.4 is 5.32 Å². The first-order valence-electron chi connectivity index (χ1n) is 27.8. The summed E-state index contributed by atoms with van der Waals surface area (Å²) in [5.74, 6) is -0.229. The minimum atomic E-state index is -1.36. The molecule has 0 aliphatic rings. The Morgan fingerprint density at radius 2 is 0.781 bits per heavy atom. The van der Waals surface area contributed by atoms with Crippen LogP contribution in [0.25, 0.3) is 0 Å². The standard InChI is InChI=1S/C55H109NO8/c1-4-6-8-10-12-14-16-18-19-20-21-22-23-24-25-26-27-28-29-30-31-33-35-37-39-41-43-54(62)56-49(44-45-52(51(61)46-57)64-53(47-58)48(3)59)55(63)50(60)42-40-38-36-34-32-17-15-13-11-9-7-5-2/h44-45,48-53,55,57-61,63H,4-43,46-47H2,1-3H3,(H,56,62)/b45-44+/t48?,49-,50+,51?,52+,53?,55-/m0/s1. The predicted octanol–water partition coefficient (Wildman–Crippen LogP) is 12.9. The van der Waals surface area contributed by atoms with Crippen LogP contribution in [0.4, 0.5) is 0 Å². The SMILES string of the molecule is CCCCCCCCCCCCCCCCCCCCCCCCCCCCC(=O)N[C@@H](/C=C/[C@@H](OC(CO)C(C)O)C(O)CO)[C@H](O)[C@H](O)CCCCCCCCCCCCCC. The minimum Gasteiger partial charge on any atom is -0.394 e. The van der Waals surface area contributed by atoms with Crippen LogP contribution in [-0.2, 0) is 9.53 Å². The van der Waals surface area contributed by atoms with Crippen molar-refractivity contribution in [3.05, 3.63) is 12.2 Å². The van der Waals surface area contributed by atoms with Gasteiger partial charge in [-0.15, -0.1) is 0 Å². The number of carbonyl (C=O) groups is 1. The molecule has 0 spiro atoms. The summed E-state index contributed by atoms with van der Waals surface area (Å²) < 4.78 is 5.69. The molecule has 3 unspecified atom stereocenters. The molecule has 9 nitrogen and oxygen atoms in total. The second-order valence-corrected chi connectivity index (χ2v) is 19.6. The number of carbonyl (C=O) groups excluding carboxylic acids is 1. The van der Waals surface area contributed by atoms with E-state index in [9.17, 15) is 35.4 Å². The summed E-state index contributed by atoms with van der Waals surface area (Å²) in [6.07, 6.45) is 45.7. The fraction of sp³-hybridized carbons (Fsp3) is 0.945. The van der Waals surface area contributed by atoms with Crippen molar-refractivity contribution in [1.82, 2.24) is 5.32 Å². The normalized spacial score (nSPS) is 15.3. The molecule has 0 bridgehead atoms. The summed E-state index contributed by atoms with van der Waals surface area (Å²) >= 11 is 0. The van der Waals surface area contributed by atoms with Crippen LogP contribution in [-0.4, -0.2) is 92.4 Å². The van der Waals surface area contributed by atoms with Gasteiger partial charge in [0.1, 0.15) is 24.4 Å². The van der Waals surface area contributed by atoms with Gasteiger partial charge in [0.15, 0.2) is 0 Å². The van der Waals surface area contributed by atoms with Crippen LogP contribution in [0.3, 0.4) is 0 Å². The highest BCUT2D eigenvalue weighted by molar-refractivity contribution is 5.76. The van der Waals surface area contributed by atoms with Crippen LogP contribution in [0.1, 0.15) is 278 Å². The smallest absolute Gasteiger partial charge is 0.220 e. The predicted molar refractivity (Wildman–Crippen MR) is 270 cm³/mol. The summed E-state index contributed by atoms with van der Waals surface area (Å²) in [7, 11) is 0. The number of rotatable bonds is 51. The van der Waals surface area contributed by atoms with Gasteiger partial charge < -0.3 is 40.7 Å². The van der Waals surface area contributed by atoms with Gasteiger partial charge in [-0.1, -0.05) is 264 Å². The summed E-state index contributed by atoms with van der Waals surface area (Å²) in [4.78, 5) is 13.1. The topological polar surface area (TPSA) is 160 Å². The lowest BCUT2D eigenvalue weighted by atomic mass is 9.97. The van der Waals surface area contributed by atoms with Gasteiger partial charge in [0.2, 0.25) is 5.91 Å². The molecular formula is C55H109NO8. The van der Waals surface area contributed by atoms with Crippen molar-refractivity contribution in [3.63, 3.8) is 0 Å². The molecule has 9 heteroatoms. The summed E-state index contributed by atoms with van der Waals surface area (Å²) in [6.45, 7) is 4.85. The minimum absolute atomic E-state index is 0.229. The Labute approximate surface area is 395 Å². The maximum Gasteiger partial charge on any atom is 0.220 e. The van der Waals surface area contributed by atoms with Gasteiger partial charge in [0.25, 0.3) is 0 Å². The molecule has 0 aliphatic heterocycles. The maximum absolute atomic E-state index is 13.1. The number of hydrogen-bond acceptors (Lipinski definition) is 8. The second-order valence-electron chi connectivity index (χ2n) is 19.6. The van der Waals surface area contributed by atoms with E-state index in [-0.39, 0.29) is 5.91 Å². The number of aliphatic hydroxyl groups excluding tert-OH is 6. The molecule has 0 radical (unpaired) electrons. The van der Waals surface area contributed by atoms with Crippen LogP contribution in [0.15, 0.2) is 12.2 Å². The summed E-state index contributed by atoms with van der Waals surface area (Å²) in [5, 5.41) is 64.8. The van der Waals surface area contributed by atoms with E-state index in [1.165, 1.54) is 225 Å². The molecule has 64 heavy (non-hydrogen) atoms. The fourth-order valence-corrected chi connectivity index (χ4v) is 8.82.